The van der Waals surface area contributed by atoms with Crippen LogP contribution in [0.5, 0.6) is 0 Å². The quantitative estimate of drug-likeness (QED) is 0.474. The maximum Gasteiger partial charge on any atom is 0.263 e. The highest BCUT2D eigenvalue weighted by atomic mass is 32.2. The molecule has 1 aliphatic rings. The van der Waals surface area contributed by atoms with Gasteiger partial charge >= 0.3 is 0 Å². The minimum absolute atomic E-state index is 0.0443. The lowest BCUT2D eigenvalue weighted by atomic mass is 9.94. The summed E-state index contributed by atoms with van der Waals surface area (Å²) in [4.78, 5) is 19.5. The number of hydrogen-bond donors (Lipinski definition) is 2. The summed E-state index contributed by atoms with van der Waals surface area (Å²) in [6, 6.07) is 8.52. The maximum absolute atomic E-state index is 12.9. The van der Waals surface area contributed by atoms with E-state index in [1.807, 2.05) is 6.07 Å². The monoisotopic (exact) mass is 485 g/mol. The van der Waals surface area contributed by atoms with Gasteiger partial charge in [-0.3, -0.25) is 14.5 Å². The van der Waals surface area contributed by atoms with Crippen molar-refractivity contribution in [2.24, 2.45) is 5.92 Å². The highest BCUT2D eigenvalue weighted by Gasteiger charge is 2.26. The summed E-state index contributed by atoms with van der Waals surface area (Å²) in [5.74, 6) is 1.51. The number of rotatable bonds is 8. The van der Waals surface area contributed by atoms with Crippen LogP contribution >= 0.6 is 0 Å². The highest BCUT2D eigenvalue weighted by molar-refractivity contribution is 7.92. The molecule has 1 fully saturated rings. The Labute approximate surface area is 200 Å². The molecule has 1 amide bonds. The van der Waals surface area contributed by atoms with Gasteiger partial charge in [0.05, 0.1) is 29.0 Å². The number of ether oxygens (including phenoxy) is 1. The van der Waals surface area contributed by atoms with Gasteiger partial charge in [0.2, 0.25) is 6.41 Å². The third-order valence-corrected chi connectivity index (χ3v) is 7.29. The first kappa shape index (κ1) is 24.2. The zero-order chi connectivity index (χ0) is 24.3. The van der Waals surface area contributed by atoms with Crippen molar-refractivity contribution < 1.29 is 17.9 Å². The first-order valence-corrected chi connectivity index (χ1v) is 12.9. The molecule has 1 aromatic carbocycles. The molecule has 10 heteroatoms. The van der Waals surface area contributed by atoms with Crippen LogP contribution in [0.25, 0.3) is 11.0 Å². The minimum atomic E-state index is -3.82. The van der Waals surface area contributed by atoms with E-state index in [4.69, 9.17) is 9.72 Å². The fourth-order valence-electron chi connectivity index (χ4n) is 4.17. The van der Waals surface area contributed by atoms with Gasteiger partial charge in [0, 0.05) is 31.4 Å². The molecule has 182 valence electrons. The van der Waals surface area contributed by atoms with Gasteiger partial charge in [-0.05, 0) is 49.1 Å². The maximum atomic E-state index is 12.9. The number of nitrogens with one attached hydrogen (secondary N) is 2. The molecule has 0 unspecified atom stereocenters. The van der Waals surface area contributed by atoms with E-state index < -0.39 is 10.0 Å². The van der Waals surface area contributed by atoms with Crippen LogP contribution in [0.3, 0.4) is 0 Å². The second-order valence-corrected chi connectivity index (χ2v) is 11.3. The van der Waals surface area contributed by atoms with E-state index in [0.717, 1.165) is 49.5 Å². The molecule has 2 N–H and O–H groups in total. The van der Waals surface area contributed by atoms with E-state index in [-0.39, 0.29) is 16.9 Å². The van der Waals surface area contributed by atoms with Crippen molar-refractivity contribution in [1.29, 1.82) is 0 Å². The van der Waals surface area contributed by atoms with E-state index in [1.54, 1.807) is 18.2 Å². The molecule has 0 saturated carbocycles. The number of aromatic nitrogens is 3. The number of hydrogen-bond acceptors (Lipinski definition) is 6. The molecule has 0 atom stereocenters. The number of anilines is 1. The summed E-state index contributed by atoms with van der Waals surface area (Å²) < 4.78 is 36.2. The van der Waals surface area contributed by atoms with Gasteiger partial charge in [-0.2, -0.15) is 0 Å². The molecule has 0 spiro atoms. The average molecular weight is 486 g/mol. The smallest absolute Gasteiger partial charge is 0.263 e. The lowest BCUT2D eigenvalue weighted by Gasteiger charge is -2.26. The third kappa shape index (κ3) is 5.39. The fraction of sp³-hybridized carbons (Fsp3) is 0.458. The Balaban J connectivity index is 1.61. The average Bonchev–Trinajstić information content (AvgIpc) is 3.16. The largest absolute Gasteiger partial charge is 0.381 e. The van der Waals surface area contributed by atoms with Gasteiger partial charge in [-0.15, -0.1) is 0 Å². The third-order valence-electron chi connectivity index (χ3n) is 5.93. The number of nitrogens with zero attached hydrogens (tertiary/aromatic N) is 3. The molecular weight excluding hydrogens is 454 g/mol. The van der Waals surface area contributed by atoms with E-state index >= 15 is 0 Å². The molecule has 0 bridgehead atoms. The van der Waals surface area contributed by atoms with Crippen LogP contribution in [-0.4, -0.2) is 42.6 Å². The Morgan fingerprint density at radius 3 is 2.59 bits per heavy atom. The van der Waals surface area contributed by atoms with Crippen molar-refractivity contribution in [1.82, 2.24) is 19.9 Å². The Bertz CT molecular complexity index is 1260. The summed E-state index contributed by atoms with van der Waals surface area (Å²) in [6.45, 7) is 9.10. The predicted molar refractivity (Wildman–Crippen MR) is 130 cm³/mol. The molecule has 9 nitrogen and oxygen atoms in total. The number of fused-ring (bicyclic) bond motifs is 1. The van der Waals surface area contributed by atoms with Crippen LogP contribution in [0.4, 0.5) is 5.69 Å². The number of carbonyl (C=O) groups excluding carboxylic acids is 1. The van der Waals surface area contributed by atoms with Crippen molar-refractivity contribution in [3.05, 3.63) is 48.0 Å². The minimum Gasteiger partial charge on any atom is -0.381 e. The molecule has 0 aliphatic carbocycles. The van der Waals surface area contributed by atoms with Gasteiger partial charge in [-0.25, -0.2) is 13.4 Å². The van der Waals surface area contributed by atoms with E-state index in [1.165, 1.54) is 12.3 Å². The van der Waals surface area contributed by atoms with Crippen molar-refractivity contribution in [2.45, 2.75) is 57.0 Å². The normalized spacial score (nSPS) is 15.4. The zero-order valence-electron chi connectivity index (χ0n) is 19.7. The van der Waals surface area contributed by atoms with Crippen molar-refractivity contribution >= 4 is 33.2 Å². The predicted octanol–water partition coefficient (Wildman–Crippen LogP) is 3.20. The van der Waals surface area contributed by atoms with Crippen LogP contribution in [0.1, 0.15) is 45.1 Å². The zero-order valence-corrected chi connectivity index (χ0v) is 20.6. The SMILES string of the molecule is CC(C)(C)c1nc2cc(NS(=O)(=O)c3ccc(CNC=O)nc3)ccc2n1CC1CCOCC1. The molecule has 3 aromatic rings. The summed E-state index contributed by atoms with van der Waals surface area (Å²) in [6.07, 6.45) is 3.90. The Kier molecular flexibility index (Phi) is 6.90. The van der Waals surface area contributed by atoms with Crippen LogP contribution in [0.2, 0.25) is 0 Å². The van der Waals surface area contributed by atoms with Gasteiger partial charge in [0.1, 0.15) is 10.7 Å². The van der Waals surface area contributed by atoms with Crippen LogP contribution in [0.15, 0.2) is 41.4 Å². The Morgan fingerprint density at radius 1 is 1.18 bits per heavy atom. The molecule has 0 radical (unpaired) electrons. The van der Waals surface area contributed by atoms with Crippen molar-refractivity contribution in [3.8, 4) is 0 Å². The van der Waals surface area contributed by atoms with Crippen LogP contribution < -0.4 is 10.0 Å². The van der Waals surface area contributed by atoms with Gasteiger partial charge < -0.3 is 14.6 Å². The van der Waals surface area contributed by atoms with Crippen LogP contribution in [-0.2, 0) is 38.1 Å². The number of carbonyl (C=O) groups is 1. The second-order valence-electron chi connectivity index (χ2n) is 9.64. The van der Waals surface area contributed by atoms with Crippen LogP contribution in [0, 0.1) is 5.92 Å². The Morgan fingerprint density at radius 2 is 1.94 bits per heavy atom. The number of sulfonamides is 1. The van der Waals surface area contributed by atoms with Gasteiger partial charge in [-0.1, -0.05) is 20.8 Å². The summed E-state index contributed by atoms with van der Waals surface area (Å²) in [5.41, 5.74) is 2.60. The molecule has 4 rings (SSSR count). The summed E-state index contributed by atoms with van der Waals surface area (Å²) >= 11 is 0. The number of amides is 1. The van der Waals surface area contributed by atoms with E-state index in [0.29, 0.717) is 23.7 Å². The number of pyridine rings is 1. The molecule has 2 aromatic heterocycles. The second kappa shape index (κ2) is 9.71. The molecule has 1 saturated heterocycles. The summed E-state index contributed by atoms with van der Waals surface area (Å²) in [7, 11) is -3.82. The van der Waals surface area contributed by atoms with Gasteiger partial charge in [0.15, 0.2) is 0 Å². The molecule has 34 heavy (non-hydrogen) atoms. The first-order valence-electron chi connectivity index (χ1n) is 11.4. The topological polar surface area (TPSA) is 115 Å². The molecule has 3 heterocycles. The molecular formula is C24H31N5O4S. The number of imidazole rings is 1. The lowest BCUT2D eigenvalue weighted by Crippen LogP contribution is -2.25. The Hall–Kier alpha value is -2.98. The standard InChI is InChI=1S/C24H31N5O4S/c1-24(2,3)23-27-21-12-18(5-7-22(21)29(23)15-17-8-10-33-11-9-17)28-34(31,32)20-6-4-19(26-14-20)13-25-16-30/h4-7,12,14,16-17,28H,8-11,13,15H2,1-3H3,(H,25,30). The van der Waals surface area contributed by atoms with E-state index in [2.05, 4.69) is 40.4 Å². The number of benzene rings is 1. The van der Waals surface area contributed by atoms with Gasteiger partial charge in [0.25, 0.3) is 10.0 Å². The van der Waals surface area contributed by atoms with Crippen molar-refractivity contribution in [3.63, 3.8) is 0 Å². The first-order chi connectivity index (χ1) is 16.2. The molecule has 1 aliphatic heterocycles. The highest BCUT2D eigenvalue weighted by Crippen LogP contribution is 2.31. The van der Waals surface area contributed by atoms with E-state index in [9.17, 15) is 13.2 Å². The fourth-order valence-corrected chi connectivity index (χ4v) is 5.17. The lowest BCUT2D eigenvalue weighted by molar-refractivity contribution is -0.109. The van der Waals surface area contributed by atoms with Crippen molar-refractivity contribution in [2.75, 3.05) is 17.9 Å². The summed E-state index contributed by atoms with van der Waals surface area (Å²) in [5, 5.41) is 2.50.